The van der Waals surface area contributed by atoms with Crippen LogP contribution < -0.4 is 9.30 Å². The van der Waals surface area contributed by atoms with E-state index in [4.69, 9.17) is 9.84 Å². The van der Waals surface area contributed by atoms with E-state index in [1.165, 1.54) is 18.3 Å². The highest BCUT2D eigenvalue weighted by molar-refractivity contribution is 5.95. The van der Waals surface area contributed by atoms with Gasteiger partial charge in [-0.15, -0.1) is 0 Å². The number of carboxylic acid groups (broad SMARTS) is 1. The van der Waals surface area contributed by atoms with Crippen molar-refractivity contribution in [1.82, 2.24) is 4.98 Å². The molecule has 0 saturated heterocycles. The highest BCUT2D eigenvalue weighted by Crippen LogP contribution is 2.19. The average Bonchev–Trinajstić information content (AvgIpc) is 2.64. The Kier molecular flexibility index (Phi) is 4.80. The van der Waals surface area contributed by atoms with Gasteiger partial charge in [0, 0.05) is 5.56 Å². The van der Waals surface area contributed by atoms with Gasteiger partial charge in [0.25, 0.3) is 0 Å². The molecule has 0 aliphatic carbocycles. The molecule has 1 N–H and O–H groups in total. The van der Waals surface area contributed by atoms with E-state index in [1.54, 1.807) is 53.4 Å². The molecule has 1 aromatic heterocycles. The summed E-state index contributed by atoms with van der Waals surface area (Å²) < 4.78 is 7.34. The molecule has 0 fully saturated rings. The normalized spacial score (nSPS) is 10.2. The van der Waals surface area contributed by atoms with Crippen molar-refractivity contribution in [2.75, 3.05) is 0 Å². The fourth-order valence-corrected chi connectivity index (χ4v) is 2.27. The van der Waals surface area contributed by atoms with E-state index >= 15 is 0 Å². The van der Waals surface area contributed by atoms with Crippen LogP contribution in [0.1, 0.15) is 20.7 Å². The van der Waals surface area contributed by atoms with Crippen LogP contribution in [0.4, 0.5) is 0 Å². The summed E-state index contributed by atoms with van der Waals surface area (Å²) in [6.07, 6.45) is 4.67. The molecule has 0 saturated carbocycles. The van der Waals surface area contributed by atoms with Gasteiger partial charge >= 0.3 is 11.8 Å². The Balaban J connectivity index is 1.83. The smallest absolute Gasteiger partial charge is 0.392 e. The predicted molar refractivity (Wildman–Crippen MR) is 88.7 cm³/mol. The minimum Gasteiger partial charge on any atom is -0.478 e. The molecule has 3 rings (SSSR count). The summed E-state index contributed by atoms with van der Waals surface area (Å²) in [5.74, 6) is -0.409. The van der Waals surface area contributed by atoms with Gasteiger partial charge in [0.2, 0.25) is 12.3 Å². The Bertz CT molecular complexity index is 910. The molecular formula is C19H15N2O4+. The van der Waals surface area contributed by atoms with Gasteiger partial charge in [-0.2, -0.15) is 4.57 Å². The standard InChI is InChI=1S/C19H14N2O4/c22-17(14-5-2-1-3-6-14)13-21-10-9-20-12-18(21)25-16-8-4-7-15(11-16)19(23)24/h1-12H,13H2/p+1. The summed E-state index contributed by atoms with van der Waals surface area (Å²) in [5.41, 5.74) is 0.721. The molecule has 0 unspecified atom stereocenters. The number of nitrogens with zero attached hydrogens (tertiary/aromatic N) is 2. The van der Waals surface area contributed by atoms with Crippen LogP contribution >= 0.6 is 0 Å². The first-order chi connectivity index (χ1) is 12.1. The van der Waals surface area contributed by atoms with E-state index in [-0.39, 0.29) is 17.9 Å². The Morgan fingerprint density at radius 2 is 1.80 bits per heavy atom. The molecule has 0 radical (unpaired) electrons. The minimum absolute atomic E-state index is 0.0686. The summed E-state index contributed by atoms with van der Waals surface area (Å²) >= 11 is 0. The Morgan fingerprint density at radius 3 is 2.56 bits per heavy atom. The lowest BCUT2D eigenvalue weighted by molar-refractivity contribution is -0.687. The lowest BCUT2D eigenvalue weighted by Gasteiger charge is -2.06. The molecule has 0 aliphatic rings. The van der Waals surface area contributed by atoms with Crippen molar-refractivity contribution in [3.8, 4) is 11.6 Å². The number of Topliss-reactive ketones (excluding diaryl/α,β-unsaturated/α-hetero) is 1. The van der Waals surface area contributed by atoms with Gasteiger partial charge in [0.05, 0.1) is 11.8 Å². The van der Waals surface area contributed by atoms with Crippen LogP contribution in [-0.2, 0) is 6.54 Å². The van der Waals surface area contributed by atoms with Crippen LogP contribution in [-0.4, -0.2) is 21.8 Å². The minimum atomic E-state index is -1.04. The summed E-state index contributed by atoms with van der Waals surface area (Å²) in [7, 11) is 0. The molecular weight excluding hydrogens is 320 g/mol. The number of carboxylic acids is 1. The van der Waals surface area contributed by atoms with Crippen LogP contribution in [0.15, 0.2) is 73.2 Å². The van der Waals surface area contributed by atoms with Crippen LogP contribution in [0.25, 0.3) is 0 Å². The third kappa shape index (κ3) is 4.06. The molecule has 124 valence electrons. The van der Waals surface area contributed by atoms with Gasteiger partial charge in [0.15, 0.2) is 6.20 Å². The number of ether oxygens (including phenoxy) is 1. The number of carbonyl (C=O) groups excluding carboxylic acids is 1. The number of ketones is 1. The second-order valence-electron chi connectivity index (χ2n) is 5.27. The van der Waals surface area contributed by atoms with Gasteiger partial charge in [-0.05, 0) is 18.2 Å². The van der Waals surface area contributed by atoms with Crippen molar-refractivity contribution in [1.29, 1.82) is 0 Å². The Hall–Kier alpha value is -3.54. The van der Waals surface area contributed by atoms with Crippen molar-refractivity contribution in [2.45, 2.75) is 6.54 Å². The van der Waals surface area contributed by atoms with Gasteiger partial charge in [-0.1, -0.05) is 36.4 Å². The van der Waals surface area contributed by atoms with Gasteiger partial charge in [-0.3, -0.25) is 4.79 Å². The third-order valence-corrected chi connectivity index (χ3v) is 3.51. The second kappa shape index (κ2) is 7.35. The zero-order valence-electron chi connectivity index (χ0n) is 13.2. The summed E-state index contributed by atoms with van der Waals surface area (Å²) in [6, 6.07) is 15.1. The highest BCUT2D eigenvalue weighted by Gasteiger charge is 2.18. The Labute approximate surface area is 144 Å². The number of rotatable bonds is 6. The zero-order chi connectivity index (χ0) is 17.6. The van der Waals surface area contributed by atoms with Crippen molar-refractivity contribution in [3.63, 3.8) is 0 Å². The average molecular weight is 335 g/mol. The highest BCUT2D eigenvalue weighted by atomic mass is 16.5. The van der Waals surface area contributed by atoms with E-state index < -0.39 is 5.97 Å². The molecule has 0 bridgehead atoms. The SMILES string of the molecule is O=C(O)c1cccc(Oc2cncc[n+]2CC(=O)c2ccccc2)c1. The zero-order valence-corrected chi connectivity index (χ0v) is 13.2. The number of aromatic carboxylic acids is 1. The fraction of sp³-hybridized carbons (Fsp3) is 0.0526. The summed E-state index contributed by atoms with van der Waals surface area (Å²) in [4.78, 5) is 27.5. The number of carbonyl (C=O) groups is 2. The van der Waals surface area contributed by atoms with Gasteiger partial charge < -0.3 is 9.84 Å². The molecule has 1 heterocycles. The van der Waals surface area contributed by atoms with E-state index in [9.17, 15) is 9.59 Å². The number of hydrogen-bond acceptors (Lipinski definition) is 4. The van der Waals surface area contributed by atoms with Crippen molar-refractivity contribution in [3.05, 3.63) is 84.3 Å². The topological polar surface area (TPSA) is 80.4 Å². The summed E-state index contributed by atoms with van der Waals surface area (Å²) in [6.45, 7) is 0.0838. The predicted octanol–water partition coefficient (Wildman–Crippen LogP) is 2.74. The third-order valence-electron chi connectivity index (χ3n) is 3.51. The number of aromatic nitrogens is 2. The molecule has 0 amide bonds. The molecule has 3 aromatic rings. The van der Waals surface area contributed by atoms with Crippen LogP contribution in [0.5, 0.6) is 11.6 Å². The molecule has 6 heteroatoms. The van der Waals surface area contributed by atoms with Crippen LogP contribution in [0, 0.1) is 0 Å². The number of benzene rings is 2. The van der Waals surface area contributed by atoms with Crippen molar-refractivity contribution in [2.24, 2.45) is 0 Å². The quantitative estimate of drug-likeness (QED) is 0.553. The maximum absolute atomic E-state index is 12.4. The molecule has 0 aliphatic heterocycles. The fourth-order valence-electron chi connectivity index (χ4n) is 2.27. The largest absolute Gasteiger partial charge is 0.478 e. The molecule has 2 aromatic carbocycles. The van der Waals surface area contributed by atoms with Crippen LogP contribution in [0.2, 0.25) is 0 Å². The molecule has 0 atom stereocenters. The van der Waals surface area contributed by atoms with E-state index in [0.717, 1.165) is 0 Å². The number of hydrogen-bond donors (Lipinski definition) is 1. The summed E-state index contributed by atoms with van der Waals surface area (Å²) in [5, 5.41) is 9.06. The Morgan fingerprint density at radius 1 is 1.04 bits per heavy atom. The first-order valence-corrected chi connectivity index (χ1v) is 7.56. The van der Waals surface area contributed by atoms with Gasteiger partial charge in [-0.25, -0.2) is 9.78 Å². The lowest BCUT2D eigenvalue weighted by atomic mass is 10.1. The van der Waals surface area contributed by atoms with Crippen LogP contribution in [0.3, 0.4) is 0 Å². The lowest BCUT2D eigenvalue weighted by Crippen LogP contribution is -2.39. The molecule has 6 nitrogen and oxygen atoms in total. The van der Waals surface area contributed by atoms with Gasteiger partial charge in [0.1, 0.15) is 11.9 Å². The van der Waals surface area contributed by atoms with Crippen molar-refractivity contribution < 1.29 is 24.0 Å². The first-order valence-electron chi connectivity index (χ1n) is 7.56. The maximum atomic E-state index is 12.4. The molecule has 0 spiro atoms. The van der Waals surface area contributed by atoms with Crippen molar-refractivity contribution >= 4 is 11.8 Å². The second-order valence-corrected chi connectivity index (χ2v) is 5.27. The molecule has 25 heavy (non-hydrogen) atoms. The van der Waals surface area contributed by atoms with E-state index in [2.05, 4.69) is 4.98 Å². The van der Waals surface area contributed by atoms with E-state index in [0.29, 0.717) is 17.2 Å². The van der Waals surface area contributed by atoms with E-state index in [1.807, 2.05) is 6.07 Å². The maximum Gasteiger partial charge on any atom is 0.392 e. The first kappa shape index (κ1) is 16.3. The monoisotopic (exact) mass is 335 g/mol.